The molecule has 2 rings (SSSR count). The zero-order valence-corrected chi connectivity index (χ0v) is 12.1. The lowest BCUT2D eigenvalue weighted by Crippen LogP contribution is -2.37. The van der Waals surface area contributed by atoms with Crippen molar-refractivity contribution in [2.45, 2.75) is 38.1 Å². The molecule has 6 heteroatoms. The van der Waals surface area contributed by atoms with Crippen molar-refractivity contribution in [1.29, 1.82) is 0 Å². The summed E-state index contributed by atoms with van der Waals surface area (Å²) in [4.78, 5) is 10.7. The number of nitrogens with two attached hydrogens (primary N) is 1. The van der Waals surface area contributed by atoms with Crippen LogP contribution in [-0.2, 0) is 0 Å². The normalized spacial score (nSPS) is 17.7. The number of benzene rings is 1. The summed E-state index contributed by atoms with van der Waals surface area (Å²) < 4.78 is 0. The van der Waals surface area contributed by atoms with E-state index in [2.05, 4.69) is 5.32 Å². The Bertz CT molecular complexity index is 475. The Morgan fingerprint density at radius 2 is 2.10 bits per heavy atom. The van der Waals surface area contributed by atoms with Crippen molar-refractivity contribution in [2.75, 3.05) is 11.9 Å². The topological polar surface area (TPSA) is 81.2 Å². The first-order valence-electron chi connectivity index (χ1n) is 7.03. The summed E-state index contributed by atoms with van der Waals surface area (Å²) in [5, 5.41) is 14.5. The number of halogens is 1. The molecule has 1 fully saturated rings. The largest absolute Gasteiger partial charge is 0.375 e. The Labute approximate surface area is 123 Å². The zero-order valence-electron chi connectivity index (χ0n) is 11.3. The number of anilines is 1. The lowest BCUT2D eigenvalue weighted by molar-refractivity contribution is -0.383. The van der Waals surface area contributed by atoms with Crippen LogP contribution in [0.15, 0.2) is 18.2 Å². The Kier molecular flexibility index (Phi) is 5.20. The number of hydrogen-bond acceptors (Lipinski definition) is 4. The highest BCUT2D eigenvalue weighted by molar-refractivity contribution is 6.33. The summed E-state index contributed by atoms with van der Waals surface area (Å²) in [6, 6.07) is 5.00. The minimum absolute atomic E-state index is 0.0625. The lowest BCUT2D eigenvalue weighted by Gasteiger charge is -2.30. The fourth-order valence-corrected chi connectivity index (χ4v) is 3.17. The molecule has 0 saturated heterocycles. The van der Waals surface area contributed by atoms with Crippen molar-refractivity contribution in [3.05, 3.63) is 33.3 Å². The molecular formula is C14H20ClN3O2. The predicted molar refractivity (Wildman–Crippen MR) is 81.1 cm³/mol. The van der Waals surface area contributed by atoms with Crippen molar-refractivity contribution >= 4 is 23.0 Å². The van der Waals surface area contributed by atoms with Crippen molar-refractivity contribution < 1.29 is 4.92 Å². The second kappa shape index (κ2) is 6.90. The zero-order chi connectivity index (χ0) is 14.5. The average molecular weight is 298 g/mol. The van der Waals surface area contributed by atoms with Gasteiger partial charge in [-0.1, -0.05) is 36.9 Å². The number of para-hydroxylation sites is 1. The van der Waals surface area contributed by atoms with E-state index in [9.17, 15) is 10.1 Å². The van der Waals surface area contributed by atoms with E-state index < -0.39 is 4.92 Å². The van der Waals surface area contributed by atoms with E-state index in [1.807, 2.05) is 0 Å². The fraction of sp³-hybridized carbons (Fsp3) is 0.571. The number of nitro benzene ring substituents is 1. The summed E-state index contributed by atoms with van der Waals surface area (Å²) in [7, 11) is 0. The molecule has 1 aromatic rings. The minimum atomic E-state index is -0.445. The van der Waals surface area contributed by atoms with Crippen molar-refractivity contribution in [2.24, 2.45) is 11.7 Å². The van der Waals surface area contributed by atoms with Gasteiger partial charge in [-0.25, -0.2) is 0 Å². The van der Waals surface area contributed by atoms with Gasteiger partial charge in [-0.15, -0.1) is 0 Å². The fourth-order valence-electron chi connectivity index (χ4n) is 2.92. The van der Waals surface area contributed by atoms with Crippen LogP contribution in [-0.4, -0.2) is 17.5 Å². The molecule has 1 aliphatic rings. The Balaban J connectivity index is 2.18. The van der Waals surface area contributed by atoms with Crippen LogP contribution in [0.2, 0.25) is 5.02 Å². The highest BCUT2D eigenvalue weighted by atomic mass is 35.5. The molecular weight excluding hydrogens is 278 g/mol. The quantitative estimate of drug-likeness (QED) is 0.643. The molecule has 0 amide bonds. The van der Waals surface area contributed by atoms with Gasteiger partial charge in [0, 0.05) is 12.6 Å². The van der Waals surface area contributed by atoms with Crippen LogP contribution >= 0.6 is 11.6 Å². The molecule has 0 radical (unpaired) electrons. The van der Waals surface area contributed by atoms with Crippen molar-refractivity contribution in [3.63, 3.8) is 0 Å². The van der Waals surface area contributed by atoms with E-state index in [1.165, 1.54) is 25.3 Å². The van der Waals surface area contributed by atoms with Gasteiger partial charge in [-0.05, 0) is 30.9 Å². The van der Waals surface area contributed by atoms with E-state index in [0.717, 1.165) is 12.8 Å². The van der Waals surface area contributed by atoms with Crippen LogP contribution < -0.4 is 11.1 Å². The van der Waals surface area contributed by atoms with Crippen LogP contribution in [0, 0.1) is 16.0 Å². The molecule has 3 N–H and O–H groups in total. The Hall–Kier alpha value is -1.33. The molecule has 0 aromatic heterocycles. The van der Waals surface area contributed by atoms with E-state index >= 15 is 0 Å². The molecule has 0 bridgehead atoms. The molecule has 1 unspecified atom stereocenters. The SMILES string of the molecule is NCC(Nc1cccc(Cl)c1[N+](=O)[O-])C1CCCCC1. The van der Waals surface area contributed by atoms with Gasteiger partial charge < -0.3 is 11.1 Å². The van der Waals surface area contributed by atoms with Crippen molar-refractivity contribution in [1.82, 2.24) is 0 Å². The van der Waals surface area contributed by atoms with Gasteiger partial charge in [0.25, 0.3) is 0 Å². The number of nitro groups is 1. The first kappa shape index (κ1) is 15.1. The number of nitrogens with zero attached hydrogens (tertiary/aromatic N) is 1. The van der Waals surface area contributed by atoms with E-state index in [0.29, 0.717) is 18.2 Å². The van der Waals surface area contributed by atoms with E-state index in [4.69, 9.17) is 17.3 Å². The van der Waals surface area contributed by atoms with Gasteiger partial charge in [-0.3, -0.25) is 10.1 Å². The molecule has 20 heavy (non-hydrogen) atoms. The maximum absolute atomic E-state index is 11.1. The maximum Gasteiger partial charge on any atom is 0.310 e. The lowest BCUT2D eigenvalue weighted by atomic mass is 9.84. The number of nitrogens with one attached hydrogen (secondary N) is 1. The van der Waals surface area contributed by atoms with Crippen LogP contribution in [0.1, 0.15) is 32.1 Å². The summed E-state index contributed by atoms with van der Waals surface area (Å²) >= 11 is 5.92. The average Bonchev–Trinajstić information content (AvgIpc) is 2.45. The molecule has 0 aliphatic heterocycles. The highest BCUT2D eigenvalue weighted by Crippen LogP contribution is 2.34. The standard InChI is InChI=1S/C14H20ClN3O2/c15-11-7-4-8-12(14(11)18(19)20)17-13(9-16)10-5-2-1-3-6-10/h4,7-8,10,13,17H,1-3,5-6,9,16H2. The number of rotatable bonds is 5. The van der Waals surface area contributed by atoms with E-state index in [1.54, 1.807) is 12.1 Å². The second-order valence-electron chi connectivity index (χ2n) is 5.28. The molecule has 1 saturated carbocycles. The summed E-state index contributed by atoms with van der Waals surface area (Å²) in [5.74, 6) is 0.479. The van der Waals surface area contributed by atoms with Crippen LogP contribution in [0.5, 0.6) is 0 Å². The first-order chi connectivity index (χ1) is 9.63. The Morgan fingerprint density at radius 1 is 1.40 bits per heavy atom. The molecule has 5 nitrogen and oxygen atoms in total. The Morgan fingerprint density at radius 3 is 2.70 bits per heavy atom. The van der Waals surface area contributed by atoms with Gasteiger partial charge in [0.2, 0.25) is 0 Å². The van der Waals surface area contributed by atoms with Gasteiger partial charge in [0.05, 0.1) is 4.92 Å². The molecule has 1 aromatic carbocycles. The van der Waals surface area contributed by atoms with Crippen LogP contribution in [0.4, 0.5) is 11.4 Å². The smallest absolute Gasteiger partial charge is 0.310 e. The minimum Gasteiger partial charge on any atom is -0.375 e. The van der Waals surface area contributed by atoms with Crippen molar-refractivity contribution in [3.8, 4) is 0 Å². The molecule has 1 aliphatic carbocycles. The molecule has 0 heterocycles. The van der Waals surface area contributed by atoms with Crippen LogP contribution in [0.3, 0.4) is 0 Å². The van der Waals surface area contributed by atoms with E-state index in [-0.39, 0.29) is 16.8 Å². The summed E-state index contributed by atoms with van der Waals surface area (Å²) in [5.41, 5.74) is 6.25. The molecule has 0 spiro atoms. The molecule has 110 valence electrons. The van der Waals surface area contributed by atoms with Crippen LogP contribution in [0.25, 0.3) is 0 Å². The number of hydrogen-bond donors (Lipinski definition) is 2. The summed E-state index contributed by atoms with van der Waals surface area (Å²) in [6.07, 6.45) is 5.94. The van der Waals surface area contributed by atoms with Gasteiger partial charge in [-0.2, -0.15) is 0 Å². The van der Waals surface area contributed by atoms with Gasteiger partial charge >= 0.3 is 5.69 Å². The maximum atomic E-state index is 11.1. The third-order valence-electron chi connectivity index (χ3n) is 3.98. The third-order valence-corrected chi connectivity index (χ3v) is 4.29. The first-order valence-corrected chi connectivity index (χ1v) is 7.40. The third kappa shape index (κ3) is 3.41. The highest BCUT2D eigenvalue weighted by Gasteiger charge is 2.26. The molecule has 1 atom stereocenters. The monoisotopic (exact) mass is 297 g/mol. The van der Waals surface area contributed by atoms with Gasteiger partial charge in [0.15, 0.2) is 0 Å². The summed E-state index contributed by atoms with van der Waals surface area (Å²) in [6.45, 7) is 0.467. The predicted octanol–water partition coefficient (Wildman–Crippen LogP) is 3.57. The second-order valence-corrected chi connectivity index (χ2v) is 5.68. The van der Waals surface area contributed by atoms with Gasteiger partial charge in [0.1, 0.15) is 10.7 Å².